The molecule has 2 aromatic heterocycles. The third-order valence-corrected chi connectivity index (χ3v) is 4.95. The fraction of sp³-hybridized carbons (Fsp3) is 0.737. The molecule has 0 fully saturated rings. The van der Waals surface area contributed by atoms with Crippen molar-refractivity contribution >= 4 is 11.2 Å². The molecule has 0 aromatic carbocycles. The molecule has 1 atom stereocenters. The molecule has 0 spiro atoms. The summed E-state index contributed by atoms with van der Waals surface area (Å²) in [4.78, 5) is 29.1. The molecule has 7 nitrogen and oxygen atoms in total. The number of hydrogen-bond acceptors (Lipinski definition) is 4. The van der Waals surface area contributed by atoms with Gasteiger partial charge in [0.1, 0.15) is 0 Å². The minimum absolute atomic E-state index is 0.184. The molecular formula is C19H32N4O3. The third-order valence-electron chi connectivity index (χ3n) is 4.95. The van der Waals surface area contributed by atoms with Crippen molar-refractivity contribution in [1.29, 1.82) is 0 Å². The number of aliphatic hydroxyl groups is 1. The zero-order valence-corrected chi connectivity index (χ0v) is 16.3. The van der Waals surface area contributed by atoms with E-state index < -0.39 is 0 Å². The molecule has 7 heteroatoms. The van der Waals surface area contributed by atoms with E-state index in [4.69, 9.17) is 0 Å². The number of hydrogen-bond donors (Lipinski definition) is 1. The Morgan fingerprint density at radius 2 is 1.58 bits per heavy atom. The Morgan fingerprint density at radius 1 is 1.00 bits per heavy atom. The van der Waals surface area contributed by atoms with Crippen molar-refractivity contribution < 1.29 is 5.11 Å². The molecule has 0 saturated heterocycles. The summed E-state index contributed by atoms with van der Waals surface area (Å²) in [5, 5.41) is 9.21. The summed E-state index contributed by atoms with van der Waals surface area (Å²) in [6.45, 7) is 2.30. The lowest BCUT2D eigenvalue weighted by Gasteiger charge is -2.08. The third kappa shape index (κ3) is 5.06. The van der Waals surface area contributed by atoms with E-state index in [1.807, 2.05) is 6.92 Å². The number of rotatable bonds is 11. The van der Waals surface area contributed by atoms with E-state index in [2.05, 4.69) is 4.98 Å². The highest BCUT2D eigenvalue weighted by Gasteiger charge is 2.14. The molecule has 0 aliphatic rings. The molecule has 2 aromatic rings. The van der Waals surface area contributed by atoms with Gasteiger partial charge in [-0.05, 0) is 19.8 Å². The van der Waals surface area contributed by atoms with Gasteiger partial charge in [-0.1, -0.05) is 44.9 Å². The van der Waals surface area contributed by atoms with Crippen LogP contribution in [0.4, 0.5) is 0 Å². The molecule has 0 aliphatic heterocycles. The quantitative estimate of drug-likeness (QED) is 0.621. The highest BCUT2D eigenvalue weighted by atomic mass is 16.3. The number of aryl methyl sites for hydroxylation is 2. The lowest BCUT2D eigenvalue weighted by Crippen LogP contribution is -2.39. The standard InChI is InChI=1S/C19H32N4O3/c1-15(24)12-10-8-6-4-5-7-9-11-13-23-18(25)16-17(20-14-21(16)2)22(3)19(23)26/h14-15,24H,4-13H2,1-3H3. The summed E-state index contributed by atoms with van der Waals surface area (Å²) < 4.78 is 4.45. The van der Waals surface area contributed by atoms with Crippen LogP contribution in [0.1, 0.15) is 64.7 Å². The SMILES string of the molecule is CC(O)CCCCCCCCCCn1c(=O)c2c(ncn2C)n(C)c1=O. The zero-order chi connectivity index (χ0) is 19.1. The van der Waals surface area contributed by atoms with Crippen LogP contribution < -0.4 is 11.2 Å². The number of imidazole rings is 1. The van der Waals surface area contributed by atoms with Crippen LogP contribution in [0.15, 0.2) is 15.9 Å². The second-order valence-electron chi connectivity index (χ2n) is 7.29. The van der Waals surface area contributed by atoms with E-state index in [-0.39, 0.29) is 17.4 Å². The van der Waals surface area contributed by atoms with Crippen LogP contribution in [0.25, 0.3) is 11.2 Å². The Morgan fingerprint density at radius 3 is 2.19 bits per heavy atom. The molecule has 1 N–H and O–H groups in total. The van der Waals surface area contributed by atoms with Gasteiger partial charge in [0.05, 0.1) is 12.4 Å². The molecule has 0 bridgehead atoms. The van der Waals surface area contributed by atoms with Crippen molar-refractivity contribution in [2.75, 3.05) is 0 Å². The molecule has 0 amide bonds. The van der Waals surface area contributed by atoms with Gasteiger partial charge < -0.3 is 9.67 Å². The first-order valence-electron chi connectivity index (χ1n) is 9.72. The Hall–Kier alpha value is -1.89. The van der Waals surface area contributed by atoms with Gasteiger partial charge in [-0.2, -0.15) is 0 Å². The number of aliphatic hydroxyl groups excluding tert-OH is 1. The second-order valence-corrected chi connectivity index (χ2v) is 7.29. The van der Waals surface area contributed by atoms with Crippen LogP contribution in [0.2, 0.25) is 0 Å². The van der Waals surface area contributed by atoms with E-state index in [1.54, 1.807) is 25.0 Å². The van der Waals surface area contributed by atoms with Crippen molar-refractivity contribution in [2.45, 2.75) is 77.4 Å². The van der Waals surface area contributed by atoms with E-state index in [0.717, 1.165) is 32.1 Å². The Labute approximate surface area is 154 Å². The van der Waals surface area contributed by atoms with Gasteiger partial charge in [-0.15, -0.1) is 0 Å². The van der Waals surface area contributed by atoms with Crippen LogP contribution in [0.5, 0.6) is 0 Å². The Bertz CT molecular complexity index is 817. The Balaban J connectivity index is 1.76. The van der Waals surface area contributed by atoms with Crippen molar-refractivity contribution in [3.63, 3.8) is 0 Å². The number of aromatic nitrogens is 4. The summed E-state index contributed by atoms with van der Waals surface area (Å²) in [6, 6.07) is 0. The van der Waals surface area contributed by atoms with E-state index >= 15 is 0 Å². The van der Waals surface area contributed by atoms with E-state index in [9.17, 15) is 14.7 Å². The minimum atomic E-state index is -0.292. The summed E-state index contributed by atoms with van der Waals surface area (Å²) in [5.74, 6) is 0. The maximum Gasteiger partial charge on any atom is 0.332 e. The molecule has 0 radical (unpaired) electrons. The molecule has 146 valence electrons. The maximum atomic E-state index is 12.6. The van der Waals surface area contributed by atoms with E-state index in [1.165, 1.54) is 34.8 Å². The van der Waals surface area contributed by atoms with Gasteiger partial charge >= 0.3 is 5.69 Å². The van der Waals surface area contributed by atoms with Crippen LogP contribution in [-0.4, -0.2) is 29.9 Å². The largest absolute Gasteiger partial charge is 0.393 e. The molecule has 26 heavy (non-hydrogen) atoms. The van der Waals surface area contributed by atoms with Gasteiger partial charge in [-0.3, -0.25) is 13.9 Å². The zero-order valence-electron chi connectivity index (χ0n) is 16.3. The van der Waals surface area contributed by atoms with Crippen LogP contribution in [0.3, 0.4) is 0 Å². The van der Waals surface area contributed by atoms with Gasteiger partial charge in [-0.25, -0.2) is 9.78 Å². The molecular weight excluding hydrogens is 332 g/mol. The first-order valence-corrected chi connectivity index (χ1v) is 9.72. The molecule has 2 heterocycles. The average molecular weight is 364 g/mol. The van der Waals surface area contributed by atoms with Gasteiger partial charge in [0.25, 0.3) is 5.56 Å². The predicted molar refractivity (Wildman–Crippen MR) is 103 cm³/mol. The van der Waals surface area contributed by atoms with Gasteiger partial charge in [0.15, 0.2) is 11.2 Å². The molecule has 1 unspecified atom stereocenters. The van der Waals surface area contributed by atoms with Gasteiger partial charge in [0.2, 0.25) is 0 Å². The topological polar surface area (TPSA) is 82.1 Å². The molecule has 0 aliphatic carbocycles. The summed E-state index contributed by atoms with van der Waals surface area (Å²) in [6.07, 6.45) is 11.1. The Kier molecular flexibility index (Phi) is 7.63. The highest BCUT2D eigenvalue weighted by Crippen LogP contribution is 2.11. The van der Waals surface area contributed by atoms with E-state index in [0.29, 0.717) is 17.7 Å². The summed E-state index contributed by atoms with van der Waals surface area (Å²) in [5.41, 5.74) is 0.374. The first kappa shape index (κ1) is 20.4. The number of unbranched alkanes of at least 4 members (excludes halogenated alkanes) is 7. The lowest BCUT2D eigenvalue weighted by molar-refractivity contribution is 0.180. The fourth-order valence-corrected chi connectivity index (χ4v) is 3.36. The smallest absolute Gasteiger partial charge is 0.332 e. The fourth-order valence-electron chi connectivity index (χ4n) is 3.36. The van der Waals surface area contributed by atoms with Crippen molar-refractivity contribution in [3.8, 4) is 0 Å². The van der Waals surface area contributed by atoms with Crippen LogP contribution >= 0.6 is 0 Å². The molecule has 2 rings (SSSR count). The number of fused-ring (bicyclic) bond motifs is 1. The second kappa shape index (κ2) is 9.71. The number of nitrogens with zero attached hydrogens (tertiary/aromatic N) is 4. The highest BCUT2D eigenvalue weighted by molar-refractivity contribution is 5.69. The summed E-state index contributed by atoms with van der Waals surface area (Å²) in [7, 11) is 3.43. The van der Waals surface area contributed by atoms with Crippen molar-refractivity contribution in [2.24, 2.45) is 14.1 Å². The van der Waals surface area contributed by atoms with Crippen molar-refractivity contribution in [3.05, 3.63) is 27.2 Å². The summed E-state index contributed by atoms with van der Waals surface area (Å²) >= 11 is 0. The van der Waals surface area contributed by atoms with Crippen LogP contribution in [0, 0.1) is 0 Å². The van der Waals surface area contributed by atoms with Crippen LogP contribution in [-0.2, 0) is 20.6 Å². The monoisotopic (exact) mass is 364 g/mol. The first-order chi connectivity index (χ1) is 12.4. The minimum Gasteiger partial charge on any atom is -0.393 e. The predicted octanol–water partition coefficient (Wildman–Crippen LogP) is 2.33. The normalized spacial score (nSPS) is 12.8. The lowest BCUT2D eigenvalue weighted by atomic mass is 10.1. The molecule has 0 saturated carbocycles. The van der Waals surface area contributed by atoms with Gasteiger partial charge in [0, 0.05) is 20.6 Å². The van der Waals surface area contributed by atoms with Crippen molar-refractivity contribution in [1.82, 2.24) is 18.7 Å². The average Bonchev–Trinajstić information content (AvgIpc) is 2.99. The maximum absolute atomic E-state index is 12.6.